The van der Waals surface area contributed by atoms with Gasteiger partial charge in [-0.3, -0.25) is 20.2 Å². The first-order valence-electron chi connectivity index (χ1n) is 3.95. The molecule has 1 rings (SSSR count). The summed E-state index contributed by atoms with van der Waals surface area (Å²) in [7, 11) is 0. The van der Waals surface area contributed by atoms with Crippen LogP contribution < -0.4 is 11.3 Å². The molecule has 0 aromatic carbocycles. The molecule has 5 N–H and O–H groups in total. The third kappa shape index (κ3) is 2.56. The van der Waals surface area contributed by atoms with Crippen LogP contribution in [0.4, 0.5) is 0 Å². The fraction of sp³-hybridized carbons (Fsp3) is 0.667. The summed E-state index contributed by atoms with van der Waals surface area (Å²) in [4.78, 5) is 10.2. The summed E-state index contributed by atoms with van der Waals surface area (Å²) in [6.07, 6.45) is 0.811. The third-order valence-electron chi connectivity index (χ3n) is 1.73. The number of nitrogens with zero attached hydrogens (tertiary/aromatic N) is 2. The number of hydrogen-bond acceptors (Lipinski definition) is 4. The summed E-state index contributed by atoms with van der Waals surface area (Å²) in [5.74, 6) is 4.60. The minimum atomic E-state index is -0.957. The van der Waals surface area contributed by atoms with E-state index in [1.54, 1.807) is 0 Å². The van der Waals surface area contributed by atoms with Gasteiger partial charge in [0.15, 0.2) is 0 Å². The van der Waals surface area contributed by atoms with Gasteiger partial charge in [0.1, 0.15) is 6.54 Å². The highest BCUT2D eigenvalue weighted by Crippen LogP contribution is 2.00. The molecule has 0 unspecified atom stereocenters. The van der Waals surface area contributed by atoms with Gasteiger partial charge in [0, 0.05) is 13.1 Å². The van der Waals surface area contributed by atoms with Gasteiger partial charge in [-0.2, -0.15) is 0 Å². The number of carbonyl (C=O) groups is 1. The normalized spacial score (nSPS) is 17.8. The number of aliphatic carboxylic acids is 1. The van der Waals surface area contributed by atoms with Crippen LogP contribution in [-0.2, 0) is 4.79 Å². The predicted octanol–water partition coefficient (Wildman–Crippen LogP) is -1.61. The van der Waals surface area contributed by atoms with Crippen molar-refractivity contribution in [2.45, 2.75) is 6.42 Å². The largest absolute Gasteiger partial charge is 0.480 e. The van der Waals surface area contributed by atoms with Crippen molar-refractivity contribution in [2.24, 2.45) is 5.84 Å². The van der Waals surface area contributed by atoms with Gasteiger partial charge < -0.3 is 5.11 Å². The second-order valence-electron chi connectivity index (χ2n) is 2.75. The highest BCUT2D eigenvalue weighted by Gasteiger charge is 2.19. The Morgan fingerprint density at radius 2 is 2.38 bits per heavy atom. The maximum Gasteiger partial charge on any atom is 0.319 e. The van der Waals surface area contributed by atoms with Crippen LogP contribution in [0.15, 0.2) is 0 Å². The highest BCUT2D eigenvalue weighted by atomic mass is 16.4. The Morgan fingerprint density at radius 3 is 3.00 bits per heavy atom. The fourth-order valence-electron chi connectivity index (χ4n) is 1.08. The number of guanidine groups is 1. The number of hydrogen-bond donors (Lipinski definition) is 4. The van der Waals surface area contributed by atoms with E-state index >= 15 is 0 Å². The summed E-state index contributed by atoms with van der Waals surface area (Å²) in [5, 5.41) is 18.6. The summed E-state index contributed by atoms with van der Waals surface area (Å²) in [5.41, 5.74) is 2.59. The Kier molecular flexibility index (Phi) is 3.04. The lowest BCUT2D eigenvalue weighted by molar-refractivity contribution is -0.136. The number of hydrazine groups is 2. The lowest BCUT2D eigenvalue weighted by Crippen LogP contribution is -2.58. The maximum atomic E-state index is 10.2. The van der Waals surface area contributed by atoms with Crippen LogP contribution in [-0.4, -0.2) is 46.7 Å². The zero-order valence-electron chi connectivity index (χ0n) is 7.16. The molecular formula is C6H13N5O2. The molecular weight excluding hydrogens is 174 g/mol. The topological polar surface area (TPSA) is 106 Å². The van der Waals surface area contributed by atoms with Gasteiger partial charge >= 0.3 is 5.97 Å². The van der Waals surface area contributed by atoms with Crippen LogP contribution in [0.5, 0.6) is 0 Å². The average Bonchev–Trinajstić information content (AvgIpc) is 2.07. The molecule has 0 aromatic rings. The van der Waals surface area contributed by atoms with E-state index in [9.17, 15) is 4.79 Å². The van der Waals surface area contributed by atoms with Crippen molar-refractivity contribution in [3.05, 3.63) is 0 Å². The van der Waals surface area contributed by atoms with Gasteiger partial charge in [-0.25, -0.2) is 11.3 Å². The molecule has 7 heteroatoms. The molecule has 0 aliphatic carbocycles. The van der Waals surface area contributed by atoms with Crippen LogP contribution >= 0.6 is 0 Å². The van der Waals surface area contributed by atoms with E-state index in [1.807, 2.05) is 0 Å². The van der Waals surface area contributed by atoms with Crippen LogP contribution in [0.25, 0.3) is 0 Å². The molecule has 7 nitrogen and oxygen atoms in total. The minimum Gasteiger partial charge on any atom is -0.480 e. The number of rotatable bonds is 3. The molecule has 0 saturated carbocycles. The molecule has 1 fully saturated rings. The molecule has 0 aromatic heterocycles. The van der Waals surface area contributed by atoms with Crippen LogP contribution in [0.2, 0.25) is 0 Å². The van der Waals surface area contributed by atoms with Crippen molar-refractivity contribution in [2.75, 3.05) is 19.6 Å². The molecule has 1 aliphatic heterocycles. The first kappa shape index (κ1) is 9.75. The number of carboxylic acids is 1. The molecule has 1 aliphatic rings. The van der Waals surface area contributed by atoms with Crippen molar-refractivity contribution in [1.29, 1.82) is 5.41 Å². The minimum absolute atomic E-state index is 0.104. The van der Waals surface area contributed by atoms with Gasteiger partial charge in [0.2, 0.25) is 5.96 Å². The van der Waals surface area contributed by atoms with E-state index in [-0.39, 0.29) is 12.5 Å². The monoisotopic (exact) mass is 187 g/mol. The Balaban J connectivity index is 2.40. The Hall–Kier alpha value is -1.34. The van der Waals surface area contributed by atoms with E-state index < -0.39 is 5.97 Å². The van der Waals surface area contributed by atoms with E-state index in [0.717, 1.165) is 6.42 Å². The van der Waals surface area contributed by atoms with Crippen molar-refractivity contribution >= 4 is 11.9 Å². The molecule has 74 valence electrons. The standard InChI is InChI=1S/C6H13N5O2/c7-6-10(8)2-1-3-11(6)9-4-5(12)13/h7,9H,1-4,8H2,(H,12,13). The van der Waals surface area contributed by atoms with Gasteiger partial charge in [-0.15, -0.1) is 0 Å². The molecule has 0 bridgehead atoms. The summed E-state index contributed by atoms with van der Waals surface area (Å²) in [6.45, 7) is 1.04. The van der Waals surface area contributed by atoms with Crippen LogP contribution in [0.3, 0.4) is 0 Å². The van der Waals surface area contributed by atoms with E-state index in [1.165, 1.54) is 10.0 Å². The summed E-state index contributed by atoms with van der Waals surface area (Å²) >= 11 is 0. The van der Waals surface area contributed by atoms with Crippen molar-refractivity contribution in [3.63, 3.8) is 0 Å². The van der Waals surface area contributed by atoms with Gasteiger partial charge in [-0.05, 0) is 6.42 Å². The molecule has 13 heavy (non-hydrogen) atoms. The zero-order valence-corrected chi connectivity index (χ0v) is 7.16. The molecule has 0 atom stereocenters. The maximum absolute atomic E-state index is 10.2. The van der Waals surface area contributed by atoms with Crippen LogP contribution in [0.1, 0.15) is 6.42 Å². The summed E-state index contributed by atoms with van der Waals surface area (Å²) < 4.78 is 0. The predicted molar refractivity (Wildman–Crippen MR) is 45.6 cm³/mol. The van der Waals surface area contributed by atoms with E-state index in [2.05, 4.69) is 5.43 Å². The van der Waals surface area contributed by atoms with Gasteiger partial charge in [0.25, 0.3) is 0 Å². The zero-order chi connectivity index (χ0) is 9.84. The van der Waals surface area contributed by atoms with Gasteiger partial charge in [-0.1, -0.05) is 0 Å². The van der Waals surface area contributed by atoms with Gasteiger partial charge in [0.05, 0.1) is 0 Å². The van der Waals surface area contributed by atoms with Crippen molar-refractivity contribution < 1.29 is 9.90 Å². The number of nitrogens with one attached hydrogen (secondary N) is 2. The summed E-state index contributed by atoms with van der Waals surface area (Å²) in [6, 6.07) is 0. The molecule has 0 amide bonds. The smallest absolute Gasteiger partial charge is 0.319 e. The first-order valence-corrected chi connectivity index (χ1v) is 3.95. The molecule has 1 saturated heterocycles. The molecule has 0 radical (unpaired) electrons. The van der Waals surface area contributed by atoms with Crippen LogP contribution in [0, 0.1) is 5.41 Å². The van der Waals surface area contributed by atoms with E-state index in [0.29, 0.717) is 13.1 Å². The quantitative estimate of drug-likeness (QED) is 0.396. The Bertz CT molecular complexity index is 219. The average molecular weight is 187 g/mol. The Labute approximate surface area is 75.5 Å². The first-order chi connectivity index (χ1) is 6.11. The third-order valence-corrected chi connectivity index (χ3v) is 1.73. The van der Waals surface area contributed by atoms with E-state index in [4.69, 9.17) is 16.4 Å². The second-order valence-corrected chi connectivity index (χ2v) is 2.75. The highest BCUT2D eigenvalue weighted by molar-refractivity contribution is 5.77. The lowest BCUT2D eigenvalue weighted by Gasteiger charge is -2.34. The Morgan fingerprint density at radius 1 is 1.69 bits per heavy atom. The van der Waals surface area contributed by atoms with Crippen molar-refractivity contribution in [3.8, 4) is 0 Å². The molecule has 0 spiro atoms. The number of nitrogens with two attached hydrogens (primary N) is 1. The second kappa shape index (κ2) is 4.06. The van der Waals surface area contributed by atoms with Crippen molar-refractivity contribution in [1.82, 2.24) is 15.4 Å². The SMILES string of the molecule is N=C1N(N)CCCN1NCC(=O)O. The fourth-order valence-corrected chi connectivity index (χ4v) is 1.08. The molecule has 1 heterocycles. The number of carboxylic acid groups (broad SMARTS) is 1. The lowest BCUT2D eigenvalue weighted by atomic mass is 10.3.